The zero-order valence-corrected chi connectivity index (χ0v) is 13.6. The van der Waals surface area contributed by atoms with Crippen molar-refractivity contribution in [1.29, 1.82) is 0 Å². The minimum atomic E-state index is -0.316. The molecule has 0 aliphatic carbocycles. The number of benzene rings is 2. The zero-order chi connectivity index (χ0) is 16.9. The Hall–Kier alpha value is -2.66. The molecule has 1 amide bonds. The predicted octanol–water partition coefficient (Wildman–Crippen LogP) is 3.77. The number of carbonyl (C=O) groups excluding carboxylic acids is 1. The molecule has 24 heavy (non-hydrogen) atoms. The van der Waals surface area contributed by atoms with Gasteiger partial charge in [0.05, 0.1) is 6.54 Å². The van der Waals surface area contributed by atoms with E-state index < -0.39 is 0 Å². The number of fused-ring (bicyclic) bond motifs is 1. The number of amides is 1. The largest absolute Gasteiger partial charge is 0.361 e. The third-order valence-electron chi connectivity index (χ3n) is 3.97. The first-order chi connectivity index (χ1) is 11.6. The fourth-order valence-corrected chi connectivity index (χ4v) is 2.68. The molecule has 0 aliphatic heterocycles. The summed E-state index contributed by atoms with van der Waals surface area (Å²) in [5.74, 6) is -0.422. The number of H-pyrrole nitrogens is 1. The number of nitrogens with zero attached hydrogens (tertiary/aromatic N) is 1. The SMILES string of the molecule is CCN(CC(=O)Nc1ccc(F)cc1)Cc1ccc2[nH]ccc2c1. The molecule has 3 rings (SSSR count). The van der Waals surface area contributed by atoms with Crippen molar-refractivity contribution in [3.63, 3.8) is 0 Å². The molecule has 0 aliphatic rings. The molecule has 2 aromatic carbocycles. The van der Waals surface area contributed by atoms with Crippen LogP contribution in [0.3, 0.4) is 0 Å². The first-order valence-corrected chi connectivity index (χ1v) is 7.98. The van der Waals surface area contributed by atoms with Gasteiger partial charge in [-0.25, -0.2) is 4.39 Å². The number of rotatable bonds is 6. The van der Waals surface area contributed by atoms with Crippen LogP contribution in [-0.2, 0) is 11.3 Å². The first kappa shape index (κ1) is 16.2. The van der Waals surface area contributed by atoms with Crippen molar-refractivity contribution in [3.8, 4) is 0 Å². The van der Waals surface area contributed by atoms with Crippen molar-refractivity contribution >= 4 is 22.5 Å². The van der Waals surface area contributed by atoms with Gasteiger partial charge >= 0.3 is 0 Å². The van der Waals surface area contributed by atoms with Crippen molar-refractivity contribution in [2.45, 2.75) is 13.5 Å². The average molecular weight is 325 g/mol. The second-order valence-electron chi connectivity index (χ2n) is 5.76. The van der Waals surface area contributed by atoms with Crippen LogP contribution in [0.15, 0.2) is 54.7 Å². The molecule has 3 aromatic rings. The van der Waals surface area contributed by atoms with Crippen LogP contribution in [0.2, 0.25) is 0 Å². The van der Waals surface area contributed by atoms with Crippen LogP contribution < -0.4 is 5.32 Å². The molecular formula is C19H20FN3O. The Kier molecular flexibility index (Phi) is 4.91. The molecule has 1 aromatic heterocycles. The fraction of sp³-hybridized carbons (Fsp3) is 0.211. The lowest BCUT2D eigenvalue weighted by atomic mass is 10.1. The number of anilines is 1. The number of aromatic nitrogens is 1. The number of halogens is 1. The Balaban J connectivity index is 1.61. The van der Waals surface area contributed by atoms with Crippen molar-refractivity contribution in [3.05, 3.63) is 66.1 Å². The molecule has 0 radical (unpaired) electrons. The van der Waals surface area contributed by atoms with Crippen LogP contribution in [0.1, 0.15) is 12.5 Å². The maximum atomic E-state index is 12.9. The lowest BCUT2D eigenvalue weighted by Crippen LogP contribution is -2.32. The van der Waals surface area contributed by atoms with E-state index in [1.165, 1.54) is 23.1 Å². The monoisotopic (exact) mass is 325 g/mol. The molecule has 0 atom stereocenters. The third-order valence-corrected chi connectivity index (χ3v) is 3.97. The molecule has 0 saturated heterocycles. The number of nitrogens with one attached hydrogen (secondary N) is 2. The summed E-state index contributed by atoms with van der Waals surface area (Å²) in [6.45, 7) is 3.79. The van der Waals surface area contributed by atoms with E-state index >= 15 is 0 Å². The smallest absolute Gasteiger partial charge is 0.238 e. The molecule has 0 fully saturated rings. The van der Waals surface area contributed by atoms with Gasteiger partial charge in [0.25, 0.3) is 0 Å². The quantitative estimate of drug-likeness (QED) is 0.725. The maximum absolute atomic E-state index is 12.9. The third kappa shape index (κ3) is 4.00. The summed E-state index contributed by atoms with van der Waals surface area (Å²) < 4.78 is 12.9. The first-order valence-electron chi connectivity index (χ1n) is 7.98. The highest BCUT2D eigenvalue weighted by atomic mass is 19.1. The summed E-state index contributed by atoms with van der Waals surface area (Å²) in [4.78, 5) is 17.4. The molecule has 124 valence electrons. The Morgan fingerprint density at radius 2 is 1.96 bits per heavy atom. The van der Waals surface area contributed by atoms with Gasteiger partial charge in [-0.2, -0.15) is 0 Å². The van der Waals surface area contributed by atoms with E-state index in [9.17, 15) is 9.18 Å². The molecule has 1 heterocycles. The number of hydrogen-bond donors (Lipinski definition) is 2. The second-order valence-corrected chi connectivity index (χ2v) is 5.76. The van der Waals surface area contributed by atoms with Crippen LogP contribution in [0.25, 0.3) is 10.9 Å². The van der Waals surface area contributed by atoms with E-state index in [0.29, 0.717) is 18.8 Å². The summed E-state index contributed by atoms with van der Waals surface area (Å²) >= 11 is 0. The maximum Gasteiger partial charge on any atom is 0.238 e. The van der Waals surface area contributed by atoms with Gasteiger partial charge < -0.3 is 10.3 Å². The van der Waals surface area contributed by atoms with Gasteiger partial charge in [-0.15, -0.1) is 0 Å². The number of aromatic amines is 1. The van der Waals surface area contributed by atoms with E-state index in [-0.39, 0.29) is 11.7 Å². The highest BCUT2D eigenvalue weighted by Crippen LogP contribution is 2.16. The number of hydrogen-bond acceptors (Lipinski definition) is 2. The van der Waals surface area contributed by atoms with Gasteiger partial charge in [-0.3, -0.25) is 9.69 Å². The van der Waals surface area contributed by atoms with Crippen LogP contribution >= 0.6 is 0 Å². The summed E-state index contributed by atoms with van der Waals surface area (Å²) in [6.07, 6.45) is 1.92. The summed E-state index contributed by atoms with van der Waals surface area (Å²) in [5.41, 5.74) is 2.88. The molecule has 0 bridgehead atoms. The molecule has 0 spiro atoms. The molecule has 4 nitrogen and oxygen atoms in total. The van der Waals surface area contributed by atoms with Gasteiger partial charge in [0, 0.05) is 23.9 Å². The van der Waals surface area contributed by atoms with Gasteiger partial charge in [0.2, 0.25) is 5.91 Å². The lowest BCUT2D eigenvalue weighted by Gasteiger charge is -2.20. The van der Waals surface area contributed by atoms with Crippen LogP contribution in [0, 0.1) is 5.82 Å². The van der Waals surface area contributed by atoms with E-state index in [1.54, 1.807) is 12.1 Å². The zero-order valence-electron chi connectivity index (χ0n) is 13.6. The summed E-state index contributed by atoms with van der Waals surface area (Å²) in [7, 11) is 0. The molecule has 0 unspecified atom stereocenters. The van der Waals surface area contributed by atoms with Crippen molar-refractivity contribution in [2.75, 3.05) is 18.4 Å². The number of likely N-dealkylation sites (N-methyl/N-ethyl adjacent to an activating group) is 1. The van der Waals surface area contributed by atoms with Crippen molar-refractivity contribution in [2.24, 2.45) is 0 Å². The predicted molar refractivity (Wildman–Crippen MR) is 94.3 cm³/mol. The summed E-state index contributed by atoms with van der Waals surface area (Å²) in [5, 5.41) is 3.96. The van der Waals surface area contributed by atoms with Crippen LogP contribution in [0.5, 0.6) is 0 Å². The second kappa shape index (κ2) is 7.27. The number of carbonyl (C=O) groups is 1. The molecular weight excluding hydrogens is 305 g/mol. The Labute approximate surface area is 140 Å². The molecule has 2 N–H and O–H groups in total. The van der Waals surface area contributed by atoms with E-state index in [4.69, 9.17) is 0 Å². The Morgan fingerprint density at radius 3 is 2.71 bits per heavy atom. The van der Waals surface area contributed by atoms with Gasteiger partial charge in [-0.1, -0.05) is 13.0 Å². The normalized spacial score (nSPS) is 11.1. The lowest BCUT2D eigenvalue weighted by molar-refractivity contribution is -0.117. The Bertz CT molecular complexity index is 826. The van der Waals surface area contributed by atoms with Gasteiger partial charge in [-0.05, 0) is 60.0 Å². The van der Waals surface area contributed by atoms with E-state index in [0.717, 1.165) is 12.1 Å². The highest BCUT2D eigenvalue weighted by Gasteiger charge is 2.10. The minimum Gasteiger partial charge on any atom is -0.361 e. The van der Waals surface area contributed by atoms with Gasteiger partial charge in [0.1, 0.15) is 5.82 Å². The van der Waals surface area contributed by atoms with Crippen LogP contribution in [-0.4, -0.2) is 28.9 Å². The topological polar surface area (TPSA) is 48.1 Å². The molecule has 5 heteroatoms. The fourth-order valence-electron chi connectivity index (χ4n) is 2.68. The average Bonchev–Trinajstić information content (AvgIpc) is 3.04. The van der Waals surface area contributed by atoms with Crippen LogP contribution in [0.4, 0.5) is 10.1 Å². The van der Waals surface area contributed by atoms with Crippen molar-refractivity contribution < 1.29 is 9.18 Å². The van der Waals surface area contributed by atoms with Gasteiger partial charge in [0.15, 0.2) is 0 Å². The van der Waals surface area contributed by atoms with E-state index in [2.05, 4.69) is 33.4 Å². The standard InChI is InChI=1S/C19H20FN3O/c1-2-23(12-14-3-8-18-15(11-14)9-10-21-18)13-19(24)22-17-6-4-16(20)5-7-17/h3-11,21H,2,12-13H2,1H3,(H,22,24). The highest BCUT2D eigenvalue weighted by molar-refractivity contribution is 5.92. The Morgan fingerprint density at radius 1 is 1.17 bits per heavy atom. The molecule has 0 saturated carbocycles. The summed E-state index contributed by atoms with van der Waals surface area (Å²) in [6, 6.07) is 14.1. The van der Waals surface area contributed by atoms with E-state index in [1.807, 2.05) is 19.2 Å². The van der Waals surface area contributed by atoms with Crippen molar-refractivity contribution in [1.82, 2.24) is 9.88 Å². The minimum absolute atomic E-state index is 0.105.